The van der Waals surface area contributed by atoms with Gasteiger partial charge in [-0.25, -0.2) is 0 Å². The number of nitrogens with zero attached hydrogens (tertiary/aromatic N) is 1. The molecule has 2 saturated heterocycles. The van der Waals surface area contributed by atoms with Crippen molar-refractivity contribution in [1.82, 2.24) is 10.2 Å². The third-order valence-corrected chi connectivity index (χ3v) is 6.75. The van der Waals surface area contributed by atoms with Crippen LogP contribution in [0.3, 0.4) is 0 Å². The highest BCUT2D eigenvalue weighted by Crippen LogP contribution is 2.33. The van der Waals surface area contributed by atoms with Crippen LogP contribution in [0.2, 0.25) is 0 Å². The van der Waals surface area contributed by atoms with E-state index in [1.54, 1.807) is 0 Å². The maximum absolute atomic E-state index is 12.7. The molecule has 3 atom stereocenters. The van der Waals surface area contributed by atoms with Gasteiger partial charge in [-0.05, 0) is 74.7 Å². The normalized spacial score (nSPS) is 29.4. The van der Waals surface area contributed by atoms with E-state index in [4.69, 9.17) is 0 Å². The number of fused-ring (bicyclic) bond motifs is 1. The Morgan fingerprint density at radius 2 is 2.00 bits per heavy atom. The largest absolute Gasteiger partial charge is 0.396 e. The van der Waals surface area contributed by atoms with Crippen LogP contribution >= 0.6 is 0 Å². The predicted molar refractivity (Wildman–Crippen MR) is 107 cm³/mol. The van der Waals surface area contributed by atoms with Crippen LogP contribution in [-0.4, -0.2) is 47.7 Å². The van der Waals surface area contributed by atoms with Gasteiger partial charge in [-0.15, -0.1) is 0 Å². The zero-order valence-electron chi connectivity index (χ0n) is 16.2. The lowest BCUT2D eigenvalue weighted by atomic mass is 9.85. The lowest BCUT2D eigenvalue weighted by molar-refractivity contribution is -0.117. The number of hydrogen-bond acceptors (Lipinski definition) is 4. The Kier molecular flexibility index (Phi) is 6.11. The van der Waals surface area contributed by atoms with Crippen molar-refractivity contribution in [1.29, 1.82) is 0 Å². The molecular formula is C22H33N3O2. The number of rotatable bonds is 5. The number of likely N-dealkylation sites (tertiary alicyclic amines) is 1. The third kappa shape index (κ3) is 4.71. The van der Waals surface area contributed by atoms with E-state index in [9.17, 15) is 9.90 Å². The zero-order valence-corrected chi connectivity index (χ0v) is 16.2. The number of amides is 1. The van der Waals surface area contributed by atoms with E-state index in [1.807, 2.05) is 12.1 Å². The van der Waals surface area contributed by atoms with Crippen molar-refractivity contribution in [2.24, 2.45) is 11.8 Å². The van der Waals surface area contributed by atoms with Crippen LogP contribution in [0.5, 0.6) is 0 Å². The van der Waals surface area contributed by atoms with Gasteiger partial charge in [0.1, 0.15) is 0 Å². The second-order valence-electron chi connectivity index (χ2n) is 8.70. The van der Waals surface area contributed by atoms with E-state index >= 15 is 0 Å². The molecule has 3 unspecified atom stereocenters. The van der Waals surface area contributed by atoms with Crippen molar-refractivity contribution in [3.63, 3.8) is 0 Å². The molecule has 3 N–H and O–H groups in total. The van der Waals surface area contributed by atoms with Crippen LogP contribution in [0.15, 0.2) is 24.3 Å². The molecular weight excluding hydrogens is 338 g/mol. The number of anilines is 1. The van der Waals surface area contributed by atoms with E-state index in [0.717, 1.165) is 44.6 Å². The highest BCUT2D eigenvalue weighted by molar-refractivity contribution is 5.95. The number of carbonyl (C=O) groups is 1. The SMILES string of the molecule is O=C(Nc1cccc(CN2CCC(CO)CC2)c1)C1CC2CCCCC2N1. The molecule has 5 heteroatoms. The van der Waals surface area contributed by atoms with Crippen LogP contribution in [0.1, 0.15) is 50.5 Å². The Morgan fingerprint density at radius 1 is 1.19 bits per heavy atom. The van der Waals surface area contributed by atoms with E-state index in [0.29, 0.717) is 24.5 Å². The molecule has 0 aromatic heterocycles. The average molecular weight is 372 g/mol. The summed E-state index contributed by atoms with van der Waals surface area (Å²) in [6.07, 6.45) is 8.22. The number of aliphatic hydroxyl groups is 1. The summed E-state index contributed by atoms with van der Waals surface area (Å²) in [4.78, 5) is 15.2. The number of carbonyl (C=O) groups excluding carboxylic acids is 1. The monoisotopic (exact) mass is 371 g/mol. The second-order valence-corrected chi connectivity index (χ2v) is 8.70. The van der Waals surface area contributed by atoms with E-state index in [-0.39, 0.29) is 11.9 Å². The first kappa shape index (κ1) is 18.9. The molecule has 27 heavy (non-hydrogen) atoms. The van der Waals surface area contributed by atoms with Crippen molar-refractivity contribution in [2.45, 2.75) is 63.6 Å². The van der Waals surface area contributed by atoms with Crippen LogP contribution in [0.4, 0.5) is 5.69 Å². The molecule has 1 aromatic rings. The van der Waals surface area contributed by atoms with Gasteiger partial charge in [-0.3, -0.25) is 9.69 Å². The molecule has 0 bridgehead atoms. The van der Waals surface area contributed by atoms with Gasteiger partial charge in [0, 0.05) is 24.9 Å². The van der Waals surface area contributed by atoms with Crippen molar-refractivity contribution in [2.75, 3.05) is 25.0 Å². The van der Waals surface area contributed by atoms with Gasteiger partial charge in [-0.2, -0.15) is 0 Å². The molecule has 148 valence electrons. The molecule has 5 nitrogen and oxygen atoms in total. The molecule has 1 saturated carbocycles. The molecule has 0 radical (unpaired) electrons. The lowest BCUT2D eigenvalue weighted by Gasteiger charge is -2.31. The Hall–Kier alpha value is -1.43. The van der Waals surface area contributed by atoms with Gasteiger partial charge in [0.2, 0.25) is 5.91 Å². The molecule has 1 aliphatic carbocycles. The predicted octanol–water partition coefficient (Wildman–Crippen LogP) is 2.75. The molecule has 2 aliphatic heterocycles. The van der Waals surface area contributed by atoms with Gasteiger partial charge in [0.15, 0.2) is 0 Å². The molecule has 3 aliphatic rings. The summed E-state index contributed by atoms with van der Waals surface area (Å²) >= 11 is 0. The minimum absolute atomic E-state index is 0.0423. The van der Waals surface area contributed by atoms with E-state index in [1.165, 1.54) is 31.2 Å². The smallest absolute Gasteiger partial charge is 0.241 e. The Morgan fingerprint density at radius 3 is 2.78 bits per heavy atom. The maximum Gasteiger partial charge on any atom is 0.241 e. The molecule has 4 rings (SSSR count). The number of nitrogens with one attached hydrogen (secondary N) is 2. The fourth-order valence-electron chi connectivity index (χ4n) is 5.08. The maximum atomic E-state index is 12.7. The van der Waals surface area contributed by atoms with E-state index in [2.05, 4.69) is 27.7 Å². The minimum atomic E-state index is -0.0423. The van der Waals surface area contributed by atoms with E-state index < -0.39 is 0 Å². The summed E-state index contributed by atoms with van der Waals surface area (Å²) in [5.74, 6) is 1.27. The Bertz CT molecular complexity index is 628. The minimum Gasteiger partial charge on any atom is -0.396 e. The van der Waals surface area contributed by atoms with Gasteiger partial charge in [0.25, 0.3) is 0 Å². The molecule has 2 heterocycles. The summed E-state index contributed by atoms with van der Waals surface area (Å²) in [7, 11) is 0. The van der Waals surface area contributed by atoms with Gasteiger partial charge in [-0.1, -0.05) is 25.0 Å². The number of aliphatic hydroxyl groups excluding tert-OH is 1. The van der Waals surface area contributed by atoms with Crippen LogP contribution in [0.25, 0.3) is 0 Å². The number of benzene rings is 1. The van der Waals surface area contributed by atoms with Crippen molar-refractivity contribution in [3.8, 4) is 0 Å². The lowest BCUT2D eigenvalue weighted by Crippen LogP contribution is -2.39. The fourth-order valence-corrected chi connectivity index (χ4v) is 5.08. The Labute approximate surface area is 162 Å². The summed E-state index contributed by atoms with van der Waals surface area (Å²) in [6.45, 7) is 3.30. The van der Waals surface area contributed by atoms with Gasteiger partial charge in [0.05, 0.1) is 6.04 Å². The summed E-state index contributed by atoms with van der Waals surface area (Å²) in [5.41, 5.74) is 2.14. The average Bonchev–Trinajstić information content (AvgIpc) is 3.13. The number of hydrogen-bond donors (Lipinski definition) is 3. The number of piperidine rings is 1. The summed E-state index contributed by atoms with van der Waals surface area (Å²) < 4.78 is 0. The van der Waals surface area contributed by atoms with Crippen LogP contribution < -0.4 is 10.6 Å². The first-order valence-electron chi connectivity index (χ1n) is 10.7. The molecule has 1 aromatic carbocycles. The van der Waals surface area contributed by atoms with Gasteiger partial charge >= 0.3 is 0 Å². The topological polar surface area (TPSA) is 64.6 Å². The highest BCUT2D eigenvalue weighted by atomic mass is 16.3. The second kappa shape index (κ2) is 8.72. The fraction of sp³-hybridized carbons (Fsp3) is 0.682. The first-order chi connectivity index (χ1) is 13.2. The molecule has 0 spiro atoms. The van der Waals surface area contributed by atoms with Crippen LogP contribution in [0, 0.1) is 11.8 Å². The zero-order chi connectivity index (χ0) is 18.6. The third-order valence-electron chi connectivity index (χ3n) is 6.75. The molecule has 3 fully saturated rings. The first-order valence-corrected chi connectivity index (χ1v) is 10.7. The Balaban J connectivity index is 1.31. The summed E-state index contributed by atoms with van der Waals surface area (Å²) in [5, 5.41) is 16.0. The van der Waals surface area contributed by atoms with Crippen molar-refractivity contribution >= 4 is 11.6 Å². The summed E-state index contributed by atoms with van der Waals surface area (Å²) in [6, 6.07) is 8.77. The highest BCUT2D eigenvalue weighted by Gasteiger charge is 2.38. The van der Waals surface area contributed by atoms with Crippen molar-refractivity contribution < 1.29 is 9.90 Å². The van der Waals surface area contributed by atoms with Gasteiger partial charge < -0.3 is 15.7 Å². The van der Waals surface area contributed by atoms with Crippen LogP contribution in [-0.2, 0) is 11.3 Å². The quantitative estimate of drug-likeness (QED) is 0.745. The standard InChI is InChI=1S/C22H33N3O2/c26-15-16-8-10-25(11-9-16)14-17-4-3-6-19(12-17)23-22(27)21-13-18-5-1-2-7-20(18)24-21/h3-4,6,12,16,18,20-21,24,26H,1-2,5,7-11,13-15H2,(H,23,27). The van der Waals surface area contributed by atoms with Crippen molar-refractivity contribution in [3.05, 3.63) is 29.8 Å². The molecule has 1 amide bonds.